The molecule has 4 atom stereocenters. The second-order valence-electron chi connectivity index (χ2n) is 7.19. The summed E-state index contributed by atoms with van der Waals surface area (Å²) in [6.07, 6.45) is 5.34. The van der Waals surface area contributed by atoms with E-state index in [0.717, 1.165) is 31.4 Å². The maximum Gasteiger partial charge on any atom is 0.214 e. The van der Waals surface area contributed by atoms with E-state index in [4.69, 9.17) is 21.7 Å². The number of nitrogens with one attached hydrogen (secondary N) is 3. The molecule has 0 saturated heterocycles. The van der Waals surface area contributed by atoms with Crippen LogP contribution < -0.4 is 10.9 Å². The van der Waals surface area contributed by atoms with Crippen molar-refractivity contribution in [1.82, 2.24) is 10.9 Å². The Labute approximate surface area is 149 Å². The van der Waals surface area contributed by atoms with Crippen LogP contribution >= 0.6 is 11.6 Å². The van der Waals surface area contributed by atoms with Crippen molar-refractivity contribution in [3.8, 4) is 0 Å². The van der Waals surface area contributed by atoms with Crippen LogP contribution in [0, 0.1) is 17.2 Å². The minimum Gasteiger partial charge on any atom is -0.393 e. The molecule has 6 nitrogen and oxygen atoms in total. The van der Waals surface area contributed by atoms with Crippen LogP contribution in [0.2, 0.25) is 0 Å². The highest BCUT2D eigenvalue weighted by atomic mass is 35.5. The average molecular weight is 357 g/mol. The molecule has 1 aliphatic carbocycles. The van der Waals surface area contributed by atoms with E-state index >= 15 is 0 Å². The first-order valence-electron chi connectivity index (χ1n) is 8.64. The molecule has 2 unspecified atom stereocenters. The van der Waals surface area contributed by atoms with Crippen LogP contribution in [0.1, 0.15) is 52.9 Å². The van der Waals surface area contributed by atoms with Gasteiger partial charge in [-0.25, -0.2) is 4.99 Å². The highest BCUT2D eigenvalue weighted by molar-refractivity contribution is 6.64. The molecule has 4 N–H and O–H groups in total. The first-order chi connectivity index (χ1) is 11.3. The SMILES string of the molecule is CC(O)CC(=N)C1CC[C@@](C)(OCCC2=CN=C(Cl)NN2)[C@H](C)C1. The molecule has 1 fully saturated rings. The summed E-state index contributed by atoms with van der Waals surface area (Å²) in [6.45, 7) is 6.73. The standard InChI is InChI=1S/C17H29ClN4O2/c1-11-8-13(15(19)9-12(2)23)4-6-17(11,3)24-7-5-14-10-20-16(18)22-21-14/h10-13,19,21,23H,4-9H2,1-3H3,(H,20,22)/t11-,12?,13?,17-/m1/s1. The molecule has 7 heteroatoms. The summed E-state index contributed by atoms with van der Waals surface area (Å²) in [5.41, 5.74) is 7.22. The van der Waals surface area contributed by atoms with E-state index in [-0.39, 0.29) is 11.5 Å². The van der Waals surface area contributed by atoms with E-state index in [1.165, 1.54) is 0 Å². The van der Waals surface area contributed by atoms with Gasteiger partial charge in [-0.3, -0.25) is 5.43 Å². The van der Waals surface area contributed by atoms with Crippen LogP contribution in [-0.4, -0.2) is 34.4 Å². The lowest BCUT2D eigenvalue weighted by molar-refractivity contribution is -0.0939. The van der Waals surface area contributed by atoms with Gasteiger partial charge in [-0.1, -0.05) is 6.92 Å². The molecule has 2 rings (SSSR count). The molecule has 0 amide bonds. The first-order valence-corrected chi connectivity index (χ1v) is 9.01. The summed E-state index contributed by atoms with van der Waals surface area (Å²) in [6, 6.07) is 0. The summed E-state index contributed by atoms with van der Waals surface area (Å²) in [4.78, 5) is 4.01. The highest BCUT2D eigenvalue weighted by Gasteiger charge is 2.39. The number of amidine groups is 1. The molecule has 0 aromatic rings. The van der Waals surface area contributed by atoms with Gasteiger partial charge in [0.2, 0.25) is 5.29 Å². The summed E-state index contributed by atoms with van der Waals surface area (Å²) in [5, 5.41) is 18.0. The van der Waals surface area contributed by atoms with Crippen LogP contribution in [0.15, 0.2) is 16.9 Å². The first kappa shape index (κ1) is 19.2. The third-order valence-electron chi connectivity index (χ3n) is 5.14. The number of aliphatic hydroxyl groups is 1. The zero-order valence-corrected chi connectivity index (χ0v) is 15.5. The fourth-order valence-electron chi connectivity index (χ4n) is 3.37. The van der Waals surface area contributed by atoms with Gasteiger partial charge in [-0.05, 0) is 56.5 Å². The van der Waals surface area contributed by atoms with Gasteiger partial charge < -0.3 is 20.7 Å². The molecular weight excluding hydrogens is 328 g/mol. The molecule has 0 spiro atoms. The van der Waals surface area contributed by atoms with Crippen molar-refractivity contribution in [2.45, 2.75) is 64.6 Å². The number of rotatable bonds is 7. The van der Waals surface area contributed by atoms with Crippen molar-refractivity contribution >= 4 is 22.6 Å². The molecule has 1 aliphatic heterocycles. The van der Waals surface area contributed by atoms with E-state index in [1.54, 1.807) is 13.1 Å². The molecule has 0 radical (unpaired) electrons. The molecule has 0 aromatic heterocycles. The quantitative estimate of drug-likeness (QED) is 0.417. The number of hydrogen-bond acceptors (Lipinski definition) is 6. The molecule has 24 heavy (non-hydrogen) atoms. The molecule has 0 aromatic carbocycles. The lowest BCUT2D eigenvalue weighted by Gasteiger charge is -2.43. The number of ether oxygens (including phenoxy) is 1. The highest BCUT2D eigenvalue weighted by Crippen LogP contribution is 2.40. The van der Waals surface area contributed by atoms with Gasteiger partial charge in [0.1, 0.15) is 0 Å². The Kier molecular flexibility index (Phi) is 6.66. The van der Waals surface area contributed by atoms with E-state index in [1.807, 2.05) is 0 Å². The van der Waals surface area contributed by atoms with Gasteiger partial charge in [-0.15, -0.1) is 0 Å². The van der Waals surface area contributed by atoms with Gasteiger partial charge in [0, 0.05) is 18.6 Å². The lowest BCUT2D eigenvalue weighted by atomic mass is 9.70. The molecule has 1 heterocycles. The largest absolute Gasteiger partial charge is 0.393 e. The molecule has 136 valence electrons. The topological polar surface area (TPSA) is 89.7 Å². The number of aliphatic imine (C=N–C) groups is 1. The van der Waals surface area contributed by atoms with Gasteiger partial charge >= 0.3 is 0 Å². The maximum atomic E-state index is 9.48. The van der Waals surface area contributed by atoms with Crippen LogP contribution in [-0.2, 0) is 4.74 Å². The van der Waals surface area contributed by atoms with Gasteiger partial charge in [0.25, 0.3) is 0 Å². The summed E-state index contributed by atoms with van der Waals surface area (Å²) in [7, 11) is 0. The minimum atomic E-state index is -0.432. The van der Waals surface area contributed by atoms with Crippen LogP contribution in [0.3, 0.4) is 0 Å². The van der Waals surface area contributed by atoms with E-state index in [2.05, 4.69) is 29.7 Å². The minimum absolute atomic E-state index is 0.162. The zero-order chi connectivity index (χ0) is 17.7. The van der Waals surface area contributed by atoms with Gasteiger partial charge in [0.05, 0.1) is 30.2 Å². The molecular formula is C17H29ClN4O2. The summed E-state index contributed by atoms with van der Waals surface area (Å²) >= 11 is 5.72. The maximum absolute atomic E-state index is 9.48. The predicted octanol–water partition coefficient (Wildman–Crippen LogP) is 2.92. The van der Waals surface area contributed by atoms with Crippen molar-refractivity contribution in [3.05, 3.63) is 11.9 Å². The fourth-order valence-corrected chi connectivity index (χ4v) is 3.47. The Bertz CT molecular complexity index is 521. The Morgan fingerprint density at radius 1 is 1.58 bits per heavy atom. The smallest absolute Gasteiger partial charge is 0.214 e. The Morgan fingerprint density at radius 3 is 2.92 bits per heavy atom. The third kappa shape index (κ3) is 5.19. The van der Waals surface area contributed by atoms with Crippen molar-refractivity contribution < 1.29 is 9.84 Å². The molecule has 2 aliphatic rings. The predicted molar refractivity (Wildman–Crippen MR) is 97.1 cm³/mol. The fraction of sp³-hybridized carbons (Fsp3) is 0.765. The van der Waals surface area contributed by atoms with E-state index in [9.17, 15) is 5.11 Å². The Hall–Kier alpha value is -1.11. The third-order valence-corrected chi connectivity index (χ3v) is 5.33. The molecule has 1 saturated carbocycles. The van der Waals surface area contributed by atoms with Crippen molar-refractivity contribution in [2.24, 2.45) is 16.8 Å². The number of hydrazine groups is 1. The van der Waals surface area contributed by atoms with Crippen LogP contribution in [0.25, 0.3) is 0 Å². The van der Waals surface area contributed by atoms with Crippen LogP contribution in [0.4, 0.5) is 0 Å². The normalized spacial score (nSPS) is 31.4. The zero-order valence-electron chi connectivity index (χ0n) is 14.7. The van der Waals surface area contributed by atoms with E-state index in [0.29, 0.717) is 30.0 Å². The Morgan fingerprint density at radius 2 is 2.33 bits per heavy atom. The van der Waals surface area contributed by atoms with Gasteiger partial charge in [-0.2, -0.15) is 0 Å². The number of nitrogens with zero attached hydrogens (tertiary/aromatic N) is 1. The average Bonchev–Trinajstić information content (AvgIpc) is 2.51. The van der Waals surface area contributed by atoms with Crippen molar-refractivity contribution in [3.63, 3.8) is 0 Å². The second-order valence-corrected chi connectivity index (χ2v) is 7.54. The molecule has 0 bridgehead atoms. The summed E-state index contributed by atoms with van der Waals surface area (Å²) in [5.74, 6) is 0.652. The number of hydrogen-bond donors (Lipinski definition) is 4. The number of aliphatic hydroxyl groups excluding tert-OH is 1. The van der Waals surface area contributed by atoms with Crippen molar-refractivity contribution in [1.29, 1.82) is 5.41 Å². The van der Waals surface area contributed by atoms with Crippen LogP contribution in [0.5, 0.6) is 0 Å². The lowest BCUT2D eigenvalue weighted by Crippen LogP contribution is -2.43. The summed E-state index contributed by atoms with van der Waals surface area (Å²) < 4.78 is 6.21. The second kappa shape index (κ2) is 8.32. The monoisotopic (exact) mass is 356 g/mol. The van der Waals surface area contributed by atoms with Gasteiger partial charge in [0.15, 0.2) is 0 Å². The number of halogens is 1. The Balaban J connectivity index is 1.80. The van der Waals surface area contributed by atoms with E-state index < -0.39 is 6.10 Å². The van der Waals surface area contributed by atoms with Crippen molar-refractivity contribution in [2.75, 3.05) is 6.61 Å².